The molecule has 0 N–H and O–H groups in total. The van der Waals surface area contributed by atoms with Gasteiger partial charge in [-0.3, -0.25) is 0 Å². The fraction of sp³-hybridized carbons (Fsp3) is 0.250. The van der Waals surface area contributed by atoms with Gasteiger partial charge < -0.3 is 37.9 Å². The van der Waals surface area contributed by atoms with Crippen LogP contribution in [-0.4, -0.2) is 56.9 Å². The van der Waals surface area contributed by atoms with Crippen LogP contribution in [0.4, 0.5) is 0 Å². The van der Waals surface area contributed by atoms with Crippen LogP contribution in [0, 0.1) is 0 Å². The molecule has 0 heterocycles. The first kappa shape index (κ1) is 26.9. The average molecular weight is 545 g/mol. The van der Waals surface area contributed by atoms with E-state index in [-0.39, 0.29) is 0 Å². The highest BCUT2D eigenvalue weighted by atomic mass is 16.5. The summed E-state index contributed by atoms with van der Waals surface area (Å²) in [7, 11) is 13.1. The highest BCUT2D eigenvalue weighted by molar-refractivity contribution is 6.13. The standard InChI is InChI=1S/C32H32O8/c1-33-17-9-10-18(34-2)26-25(17)27-19(35-3)11-12-20(36-4)29(27)31-23(39-7)15-16-24(40-8)32(31)30-22(38-6)14-13-21(37-5)28(26)30/h9-16H,1-8H3. The van der Waals surface area contributed by atoms with Crippen LogP contribution in [0.3, 0.4) is 0 Å². The fourth-order valence-electron chi connectivity index (χ4n) is 5.60. The van der Waals surface area contributed by atoms with Crippen LogP contribution in [0.15, 0.2) is 48.5 Å². The summed E-state index contributed by atoms with van der Waals surface area (Å²) in [6.45, 7) is 0. The highest BCUT2D eigenvalue weighted by Crippen LogP contribution is 2.63. The molecule has 208 valence electrons. The number of methoxy groups -OCH3 is 8. The van der Waals surface area contributed by atoms with Gasteiger partial charge in [0.05, 0.1) is 56.9 Å². The van der Waals surface area contributed by atoms with Gasteiger partial charge in [0.15, 0.2) is 0 Å². The Morgan fingerprint density at radius 1 is 0.225 bits per heavy atom. The summed E-state index contributed by atoms with van der Waals surface area (Å²) < 4.78 is 47.9. The lowest BCUT2D eigenvalue weighted by Gasteiger charge is -2.30. The minimum Gasteiger partial charge on any atom is -0.496 e. The largest absolute Gasteiger partial charge is 0.496 e. The van der Waals surface area contributed by atoms with Gasteiger partial charge in [0.25, 0.3) is 0 Å². The molecule has 1 aliphatic rings. The van der Waals surface area contributed by atoms with E-state index in [1.165, 1.54) is 0 Å². The third kappa shape index (κ3) is 3.82. The maximum atomic E-state index is 5.99. The van der Waals surface area contributed by atoms with E-state index in [0.717, 1.165) is 44.5 Å². The minimum absolute atomic E-state index is 0.602. The third-order valence-electron chi connectivity index (χ3n) is 7.27. The van der Waals surface area contributed by atoms with Crippen molar-refractivity contribution in [2.24, 2.45) is 0 Å². The molecule has 0 unspecified atom stereocenters. The topological polar surface area (TPSA) is 73.8 Å². The highest BCUT2D eigenvalue weighted by Gasteiger charge is 2.37. The Morgan fingerprint density at radius 3 is 0.400 bits per heavy atom. The Kier molecular flexibility index (Phi) is 7.26. The van der Waals surface area contributed by atoms with E-state index in [1.807, 2.05) is 48.5 Å². The maximum Gasteiger partial charge on any atom is 0.127 e. The first-order valence-corrected chi connectivity index (χ1v) is 12.5. The van der Waals surface area contributed by atoms with Crippen molar-refractivity contribution in [1.82, 2.24) is 0 Å². The van der Waals surface area contributed by atoms with Crippen LogP contribution in [0.5, 0.6) is 46.0 Å². The molecule has 5 rings (SSSR count). The summed E-state index contributed by atoms with van der Waals surface area (Å²) in [5.41, 5.74) is 5.86. The van der Waals surface area contributed by atoms with Gasteiger partial charge in [-0.2, -0.15) is 0 Å². The number of ether oxygens (including phenoxy) is 8. The molecule has 0 atom stereocenters. The molecule has 0 amide bonds. The lowest BCUT2D eigenvalue weighted by atomic mass is 9.78. The van der Waals surface area contributed by atoms with Crippen molar-refractivity contribution in [2.75, 3.05) is 56.9 Å². The van der Waals surface area contributed by atoms with Crippen molar-refractivity contribution in [3.8, 4) is 90.5 Å². The van der Waals surface area contributed by atoms with E-state index in [2.05, 4.69) is 0 Å². The summed E-state index contributed by atoms with van der Waals surface area (Å²) in [5.74, 6) is 4.81. The van der Waals surface area contributed by atoms with Crippen molar-refractivity contribution in [1.29, 1.82) is 0 Å². The summed E-state index contributed by atoms with van der Waals surface area (Å²) in [4.78, 5) is 0. The summed E-state index contributed by atoms with van der Waals surface area (Å²) in [6, 6.07) is 15.0. The van der Waals surface area contributed by atoms with Gasteiger partial charge in [-0.15, -0.1) is 0 Å². The molecule has 8 nitrogen and oxygen atoms in total. The summed E-state index contributed by atoms with van der Waals surface area (Å²) in [5, 5.41) is 0. The quantitative estimate of drug-likeness (QED) is 0.213. The Labute approximate surface area is 233 Å². The lowest BCUT2D eigenvalue weighted by Crippen LogP contribution is -2.07. The average Bonchev–Trinajstić information content (AvgIpc) is 3.00. The fourth-order valence-corrected chi connectivity index (χ4v) is 5.60. The number of fused-ring (bicyclic) bond motifs is 8. The lowest BCUT2D eigenvalue weighted by molar-refractivity contribution is 0.395. The van der Waals surface area contributed by atoms with Crippen molar-refractivity contribution in [3.05, 3.63) is 48.5 Å². The molecule has 0 aliphatic heterocycles. The number of benzene rings is 4. The molecular weight excluding hydrogens is 512 g/mol. The second-order valence-electron chi connectivity index (χ2n) is 8.88. The van der Waals surface area contributed by atoms with E-state index in [9.17, 15) is 0 Å². The molecule has 0 saturated heterocycles. The first-order valence-electron chi connectivity index (χ1n) is 12.5. The van der Waals surface area contributed by atoms with Crippen molar-refractivity contribution >= 4 is 0 Å². The smallest absolute Gasteiger partial charge is 0.127 e. The van der Waals surface area contributed by atoms with Gasteiger partial charge >= 0.3 is 0 Å². The Hall–Kier alpha value is -4.72. The van der Waals surface area contributed by atoms with Crippen LogP contribution in [-0.2, 0) is 0 Å². The minimum atomic E-state index is 0.602. The number of hydrogen-bond donors (Lipinski definition) is 0. The molecule has 1 aliphatic carbocycles. The van der Waals surface area contributed by atoms with Crippen LogP contribution in [0.1, 0.15) is 0 Å². The third-order valence-corrected chi connectivity index (χ3v) is 7.27. The van der Waals surface area contributed by atoms with Gasteiger partial charge in [0, 0.05) is 44.5 Å². The van der Waals surface area contributed by atoms with Crippen LogP contribution in [0.25, 0.3) is 44.5 Å². The maximum absolute atomic E-state index is 5.99. The molecule has 0 bridgehead atoms. The molecule has 8 heteroatoms. The normalized spacial score (nSPS) is 11.0. The molecule has 0 aromatic heterocycles. The van der Waals surface area contributed by atoms with Crippen molar-refractivity contribution in [2.45, 2.75) is 0 Å². The van der Waals surface area contributed by atoms with E-state index >= 15 is 0 Å². The Bertz CT molecular complexity index is 1210. The molecule has 0 saturated carbocycles. The molecule has 0 fully saturated rings. The zero-order valence-electron chi connectivity index (χ0n) is 23.9. The van der Waals surface area contributed by atoms with Crippen LogP contribution in [0.2, 0.25) is 0 Å². The van der Waals surface area contributed by atoms with Crippen molar-refractivity contribution < 1.29 is 37.9 Å². The summed E-state index contributed by atoms with van der Waals surface area (Å²) >= 11 is 0. The second kappa shape index (κ2) is 10.8. The number of hydrogen-bond acceptors (Lipinski definition) is 8. The van der Waals surface area contributed by atoms with E-state index < -0.39 is 0 Å². The second-order valence-corrected chi connectivity index (χ2v) is 8.88. The van der Waals surface area contributed by atoms with Gasteiger partial charge in [-0.25, -0.2) is 0 Å². The van der Waals surface area contributed by atoms with E-state index in [4.69, 9.17) is 37.9 Å². The zero-order chi connectivity index (χ0) is 28.6. The molecule has 0 spiro atoms. The van der Waals surface area contributed by atoms with Gasteiger partial charge in [0.1, 0.15) is 46.0 Å². The SMILES string of the molecule is COc1ccc(OC)c2c1-c1c(OC)ccc(OC)c1-c1c(OC)ccc(OC)c1-c1c(OC)ccc(OC)c1-2. The summed E-state index contributed by atoms with van der Waals surface area (Å²) in [6.07, 6.45) is 0. The predicted molar refractivity (Wildman–Crippen MR) is 154 cm³/mol. The Morgan fingerprint density at radius 2 is 0.325 bits per heavy atom. The molecule has 4 aromatic carbocycles. The van der Waals surface area contributed by atoms with Crippen molar-refractivity contribution in [3.63, 3.8) is 0 Å². The van der Waals surface area contributed by atoms with Crippen LogP contribution >= 0.6 is 0 Å². The molecule has 40 heavy (non-hydrogen) atoms. The van der Waals surface area contributed by atoms with Crippen LogP contribution < -0.4 is 37.9 Å². The number of rotatable bonds is 8. The Balaban J connectivity index is 2.23. The molecule has 0 radical (unpaired) electrons. The first-order chi connectivity index (χ1) is 19.5. The van der Waals surface area contributed by atoms with Gasteiger partial charge in [-0.1, -0.05) is 0 Å². The monoisotopic (exact) mass is 544 g/mol. The zero-order valence-corrected chi connectivity index (χ0v) is 23.9. The van der Waals surface area contributed by atoms with Gasteiger partial charge in [0.2, 0.25) is 0 Å². The predicted octanol–water partition coefficient (Wildman–Crippen LogP) is 6.74. The van der Waals surface area contributed by atoms with E-state index in [0.29, 0.717) is 46.0 Å². The molecular formula is C32H32O8. The van der Waals surface area contributed by atoms with Gasteiger partial charge in [-0.05, 0) is 48.5 Å². The molecule has 4 aromatic rings. The van der Waals surface area contributed by atoms with E-state index in [1.54, 1.807) is 56.9 Å².